The van der Waals surface area contributed by atoms with Crippen LogP contribution in [0.5, 0.6) is 0 Å². The van der Waals surface area contributed by atoms with E-state index < -0.39 is 0 Å². The monoisotopic (exact) mass is 257 g/mol. The van der Waals surface area contributed by atoms with Crippen LogP contribution in [0, 0.1) is 0 Å². The van der Waals surface area contributed by atoms with Gasteiger partial charge in [-0.2, -0.15) is 5.06 Å². The van der Waals surface area contributed by atoms with Gasteiger partial charge in [0.05, 0.1) is 12.1 Å². The number of hydroxylamine groups is 2. The van der Waals surface area contributed by atoms with Crippen LogP contribution in [0.4, 0.5) is 0 Å². The molecule has 3 fully saturated rings. The lowest BCUT2D eigenvalue weighted by molar-refractivity contribution is -0.171. The molecule has 0 amide bonds. The van der Waals surface area contributed by atoms with Crippen molar-refractivity contribution in [2.45, 2.75) is 69.1 Å². The second kappa shape index (κ2) is 4.60. The maximum atomic E-state index is 6.22. The van der Waals surface area contributed by atoms with Gasteiger partial charge in [-0.15, -0.1) is 0 Å². The highest BCUT2D eigenvalue weighted by molar-refractivity contribution is 5.22. The van der Waals surface area contributed by atoms with Crippen molar-refractivity contribution in [1.82, 2.24) is 5.06 Å². The first-order valence-corrected chi connectivity index (χ1v) is 7.88. The van der Waals surface area contributed by atoms with Gasteiger partial charge in [0.15, 0.2) is 0 Å². The van der Waals surface area contributed by atoms with E-state index in [4.69, 9.17) is 4.84 Å². The lowest BCUT2D eigenvalue weighted by Gasteiger charge is -2.41. The zero-order valence-electron chi connectivity index (χ0n) is 11.6. The van der Waals surface area contributed by atoms with Gasteiger partial charge in [-0.3, -0.25) is 4.84 Å². The molecule has 0 radical (unpaired) electrons. The summed E-state index contributed by atoms with van der Waals surface area (Å²) in [7, 11) is 0. The summed E-state index contributed by atoms with van der Waals surface area (Å²) in [4.78, 5) is 6.22. The van der Waals surface area contributed by atoms with E-state index in [1.807, 2.05) is 0 Å². The topological polar surface area (TPSA) is 12.5 Å². The minimum absolute atomic E-state index is 0.361. The first kappa shape index (κ1) is 11.9. The van der Waals surface area contributed by atoms with Gasteiger partial charge < -0.3 is 0 Å². The van der Waals surface area contributed by atoms with Crippen molar-refractivity contribution in [3.8, 4) is 0 Å². The lowest BCUT2D eigenvalue weighted by Crippen LogP contribution is -2.45. The van der Waals surface area contributed by atoms with Gasteiger partial charge >= 0.3 is 0 Å². The highest BCUT2D eigenvalue weighted by Gasteiger charge is 2.55. The van der Waals surface area contributed by atoms with Crippen molar-refractivity contribution >= 4 is 0 Å². The van der Waals surface area contributed by atoms with Crippen LogP contribution in [0.15, 0.2) is 30.3 Å². The third-order valence-corrected chi connectivity index (χ3v) is 5.33. The van der Waals surface area contributed by atoms with Crippen molar-refractivity contribution < 1.29 is 4.84 Å². The Kier molecular flexibility index (Phi) is 2.89. The quantitative estimate of drug-likeness (QED) is 0.746. The van der Waals surface area contributed by atoms with Gasteiger partial charge in [-0.05, 0) is 31.2 Å². The second-order valence-electron chi connectivity index (χ2n) is 6.56. The van der Waals surface area contributed by atoms with Crippen molar-refractivity contribution in [2.75, 3.05) is 0 Å². The summed E-state index contributed by atoms with van der Waals surface area (Å²) in [6.45, 7) is 0. The molecule has 0 aromatic heterocycles. The molecular formula is C17H23NO. The number of rotatable bonds is 1. The zero-order valence-corrected chi connectivity index (χ0v) is 11.6. The van der Waals surface area contributed by atoms with Crippen LogP contribution in [0.25, 0.3) is 0 Å². The minimum atomic E-state index is 0.361. The highest BCUT2D eigenvalue weighted by atomic mass is 16.7. The van der Waals surface area contributed by atoms with Gasteiger partial charge in [-0.25, -0.2) is 0 Å². The summed E-state index contributed by atoms with van der Waals surface area (Å²) in [6.07, 6.45) is 11.2. The SMILES string of the molecule is c1ccc([C@@H]2C[C@H]3CC4(CCCCCC4)N2O3)cc1. The number of fused-ring (bicyclic) bond motifs is 3. The van der Waals surface area contributed by atoms with E-state index >= 15 is 0 Å². The molecule has 3 aliphatic rings. The summed E-state index contributed by atoms with van der Waals surface area (Å²) in [6, 6.07) is 11.4. The largest absolute Gasteiger partial charge is 0.294 e. The predicted molar refractivity (Wildman–Crippen MR) is 75.6 cm³/mol. The summed E-state index contributed by atoms with van der Waals surface area (Å²) in [5.74, 6) is 0. The van der Waals surface area contributed by atoms with Crippen LogP contribution < -0.4 is 0 Å². The van der Waals surface area contributed by atoms with Crippen molar-refractivity contribution in [2.24, 2.45) is 0 Å². The summed E-state index contributed by atoms with van der Waals surface area (Å²) < 4.78 is 0. The van der Waals surface area contributed by atoms with Crippen molar-refractivity contribution in [1.29, 1.82) is 0 Å². The Hall–Kier alpha value is -0.860. The fraction of sp³-hybridized carbons (Fsp3) is 0.647. The van der Waals surface area contributed by atoms with E-state index in [0.717, 1.165) is 0 Å². The van der Waals surface area contributed by atoms with Crippen LogP contribution in [0.1, 0.15) is 63.0 Å². The molecule has 1 saturated carbocycles. The van der Waals surface area contributed by atoms with E-state index in [1.54, 1.807) is 0 Å². The minimum Gasteiger partial charge on any atom is -0.294 e. The summed E-state index contributed by atoms with van der Waals surface area (Å²) >= 11 is 0. The average molecular weight is 257 g/mol. The number of nitrogens with zero attached hydrogens (tertiary/aromatic N) is 1. The molecule has 4 rings (SSSR count). The summed E-state index contributed by atoms with van der Waals surface area (Å²) in [5, 5.41) is 2.42. The van der Waals surface area contributed by atoms with E-state index in [9.17, 15) is 0 Å². The predicted octanol–water partition coefficient (Wildman–Crippen LogP) is 4.23. The molecule has 2 heteroatoms. The zero-order chi connectivity index (χ0) is 12.7. The maximum absolute atomic E-state index is 6.22. The average Bonchev–Trinajstić information content (AvgIpc) is 2.93. The normalized spacial score (nSPS) is 36.5. The van der Waals surface area contributed by atoms with Crippen LogP contribution in [0.2, 0.25) is 0 Å². The third-order valence-electron chi connectivity index (χ3n) is 5.33. The van der Waals surface area contributed by atoms with E-state index in [-0.39, 0.29) is 0 Å². The number of hydrogen-bond donors (Lipinski definition) is 0. The molecular weight excluding hydrogens is 234 g/mol. The summed E-state index contributed by atoms with van der Waals surface area (Å²) in [5.41, 5.74) is 1.80. The van der Waals surface area contributed by atoms with Gasteiger partial charge in [0.1, 0.15) is 0 Å². The van der Waals surface area contributed by atoms with E-state index in [1.165, 1.54) is 56.9 Å². The number of piperidine rings is 1. The lowest BCUT2D eigenvalue weighted by atomic mass is 9.79. The molecule has 2 bridgehead atoms. The molecule has 1 aliphatic carbocycles. The fourth-order valence-corrected chi connectivity index (χ4v) is 4.46. The molecule has 19 heavy (non-hydrogen) atoms. The molecule has 102 valence electrons. The van der Waals surface area contributed by atoms with Gasteiger partial charge in [0.2, 0.25) is 0 Å². The first-order chi connectivity index (χ1) is 9.37. The number of hydrogen-bond acceptors (Lipinski definition) is 2. The Morgan fingerprint density at radius 1 is 1.00 bits per heavy atom. The highest BCUT2D eigenvalue weighted by Crippen LogP contribution is 2.53. The molecule has 2 saturated heterocycles. The first-order valence-electron chi connectivity index (χ1n) is 7.88. The van der Waals surface area contributed by atoms with Crippen molar-refractivity contribution in [3.63, 3.8) is 0 Å². The Balaban J connectivity index is 1.63. The molecule has 2 heterocycles. The Morgan fingerprint density at radius 3 is 2.42 bits per heavy atom. The third kappa shape index (κ3) is 1.93. The maximum Gasteiger partial charge on any atom is 0.0831 e. The Morgan fingerprint density at radius 2 is 1.74 bits per heavy atom. The van der Waals surface area contributed by atoms with Crippen LogP contribution in [-0.4, -0.2) is 16.7 Å². The van der Waals surface area contributed by atoms with Crippen LogP contribution in [-0.2, 0) is 4.84 Å². The van der Waals surface area contributed by atoms with E-state index in [0.29, 0.717) is 17.7 Å². The van der Waals surface area contributed by atoms with Crippen LogP contribution >= 0.6 is 0 Å². The standard InChI is InChI=1S/C17H23NO/c1-2-7-11-17(10-6-1)13-15-12-16(18(17)19-15)14-8-4-3-5-9-14/h3-5,8-9,15-16H,1-2,6-7,10-13H2/t15-,16-/m0/s1. The fourth-order valence-electron chi connectivity index (χ4n) is 4.46. The molecule has 1 spiro atoms. The molecule has 0 N–H and O–H groups in total. The van der Waals surface area contributed by atoms with Crippen LogP contribution in [0.3, 0.4) is 0 Å². The van der Waals surface area contributed by atoms with Gasteiger partial charge in [0.25, 0.3) is 0 Å². The molecule has 2 aliphatic heterocycles. The molecule has 3 atom stereocenters. The van der Waals surface area contributed by atoms with Gasteiger partial charge in [-0.1, -0.05) is 56.0 Å². The second-order valence-corrected chi connectivity index (χ2v) is 6.56. The molecule has 2 nitrogen and oxygen atoms in total. The molecule has 1 unspecified atom stereocenters. The smallest absolute Gasteiger partial charge is 0.0831 e. The Bertz CT molecular complexity index is 436. The number of benzene rings is 1. The van der Waals surface area contributed by atoms with Gasteiger partial charge in [0, 0.05) is 5.54 Å². The van der Waals surface area contributed by atoms with Crippen molar-refractivity contribution in [3.05, 3.63) is 35.9 Å². The van der Waals surface area contributed by atoms with E-state index in [2.05, 4.69) is 35.4 Å². The molecule has 1 aromatic carbocycles. The Labute approximate surface area is 115 Å². The molecule has 1 aromatic rings.